The van der Waals surface area contributed by atoms with Crippen LogP contribution in [0.25, 0.3) is 10.9 Å². The molecule has 2 aromatic rings. The highest BCUT2D eigenvalue weighted by atomic mass is 16.5. The van der Waals surface area contributed by atoms with E-state index in [0.29, 0.717) is 18.5 Å². The van der Waals surface area contributed by atoms with Gasteiger partial charge in [0.1, 0.15) is 5.82 Å². The van der Waals surface area contributed by atoms with Gasteiger partial charge < -0.3 is 10.1 Å². The molecule has 0 bridgehead atoms. The Bertz CT molecular complexity index is 633. The molecular formula is C15H21N3O2. The highest BCUT2D eigenvalue weighted by molar-refractivity contribution is 5.77. The van der Waals surface area contributed by atoms with E-state index in [9.17, 15) is 4.79 Å². The number of nitrogens with one attached hydrogen (secondary N) is 1. The normalized spacial score (nSPS) is 12.8. The highest BCUT2D eigenvalue weighted by Gasteiger charge is 2.17. The topological polar surface area (TPSA) is 56.2 Å². The molecule has 20 heavy (non-hydrogen) atoms. The number of benzene rings is 1. The molecule has 108 valence electrons. The summed E-state index contributed by atoms with van der Waals surface area (Å²) in [6, 6.07) is 7.52. The third-order valence-electron chi connectivity index (χ3n) is 3.48. The van der Waals surface area contributed by atoms with E-state index in [0.717, 1.165) is 17.8 Å². The number of fused-ring (bicyclic) bond motifs is 1. The Morgan fingerprint density at radius 2 is 2.15 bits per heavy atom. The van der Waals surface area contributed by atoms with Gasteiger partial charge in [-0.3, -0.25) is 9.36 Å². The third kappa shape index (κ3) is 2.73. The third-order valence-corrected chi connectivity index (χ3v) is 3.48. The van der Waals surface area contributed by atoms with Crippen LogP contribution in [-0.2, 0) is 11.3 Å². The molecule has 1 unspecified atom stereocenters. The van der Waals surface area contributed by atoms with Crippen molar-refractivity contribution in [2.24, 2.45) is 0 Å². The molecule has 0 aliphatic carbocycles. The molecule has 5 heteroatoms. The Labute approximate surface area is 118 Å². The first-order chi connectivity index (χ1) is 9.72. The Morgan fingerprint density at radius 3 is 2.80 bits per heavy atom. The van der Waals surface area contributed by atoms with E-state index < -0.39 is 0 Å². The first kappa shape index (κ1) is 14.7. The van der Waals surface area contributed by atoms with Crippen LogP contribution in [0.4, 0.5) is 0 Å². The Balaban J connectivity index is 2.65. The van der Waals surface area contributed by atoms with Crippen molar-refractivity contribution in [1.82, 2.24) is 14.9 Å². The quantitative estimate of drug-likeness (QED) is 0.872. The van der Waals surface area contributed by atoms with Crippen molar-refractivity contribution in [3.05, 3.63) is 40.4 Å². The van der Waals surface area contributed by atoms with Gasteiger partial charge >= 0.3 is 0 Å². The lowest BCUT2D eigenvalue weighted by atomic mass is 10.1. The van der Waals surface area contributed by atoms with Crippen LogP contribution in [0.3, 0.4) is 0 Å². The maximum absolute atomic E-state index is 12.6. The van der Waals surface area contributed by atoms with Crippen LogP contribution >= 0.6 is 0 Å². The summed E-state index contributed by atoms with van der Waals surface area (Å²) < 4.78 is 6.83. The number of methoxy groups -OCH3 is 1. The van der Waals surface area contributed by atoms with Crippen molar-refractivity contribution < 1.29 is 4.74 Å². The van der Waals surface area contributed by atoms with Crippen LogP contribution in [0.2, 0.25) is 0 Å². The van der Waals surface area contributed by atoms with Gasteiger partial charge in [0.25, 0.3) is 5.56 Å². The summed E-state index contributed by atoms with van der Waals surface area (Å²) in [5, 5.41) is 3.86. The fourth-order valence-electron chi connectivity index (χ4n) is 2.37. The van der Waals surface area contributed by atoms with E-state index in [1.807, 2.05) is 31.3 Å². The number of hydrogen-bond acceptors (Lipinski definition) is 4. The maximum Gasteiger partial charge on any atom is 0.261 e. The van der Waals surface area contributed by atoms with Crippen LogP contribution in [0.5, 0.6) is 0 Å². The summed E-state index contributed by atoms with van der Waals surface area (Å²) in [7, 11) is 3.52. The number of hydrogen-bond donors (Lipinski definition) is 1. The Hall–Kier alpha value is -1.72. The minimum atomic E-state index is -0.00338. The van der Waals surface area contributed by atoms with Gasteiger partial charge in [-0.05, 0) is 25.6 Å². The molecule has 0 aliphatic rings. The largest absolute Gasteiger partial charge is 0.383 e. The second-order valence-electron chi connectivity index (χ2n) is 4.69. The highest BCUT2D eigenvalue weighted by Crippen LogP contribution is 2.16. The van der Waals surface area contributed by atoms with Crippen molar-refractivity contribution in [3.63, 3.8) is 0 Å². The minimum Gasteiger partial charge on any atom is -0.383 e. The summed E-state index contributed by atoms with van der Waals surface area (Å²) in [4.78, 5) is 17.3. The second kappa shape index (κ2) is 6.63. The molecule has 5 nitrogen and oxygen atoms in total. The van der Waals surface area contributed by atoms with Crippen molar-refractivity contribution in [2.75, 3.05) is 20.8 Å². The van der Waals surface area contributed by atoms with E-state index in [1.165, 1.54) is 0 Å². The molecule has 0 fully saturated rings. The van der Waals surface area contributed by atoms with E-state index in [-0.39, 0.29) is 11.6 Å². The molecule has 1 atom stereocenters. The number of nitrogens with zero attached hydrogens (tertiary/aromatic N) is 2. The van der Waals surface area contributed by atoms with Gasteiger partial charge in [0.2, 0.25) is 0 Å². The zero-order valence-electron chi connectivity index (χ0n) is 12.2. The van der Waals surface area contributed by atoms with Crippen molar-refractivity contribution in [1.29, 1.82) is 0 Å². The molecule has 0 saturated heterocycles. The van der Waals surface area contributed by atoms with Crippen molar-refractivity contribution >= 4 is 10.9 Å². The van der Waals surface area contributed by atoms with Crippen molar-refractivity contribution in [3.8, 4) is 0 Å². The summed E-state index contributed by atoms with van der Waals surface area (Å²) in [6.07, 6.45) is 0.869. The zero-order chi connectivity index (χ0) is 14.5. The monoisotopic (exact) mass is 275 g/mol. The Morgan fingerprint density at radius 1 is 1.40 bits per heavy atom. The van der Waals surface area contributed by atoms with Crippen LogP contribution in [0.1, 0.15) is 25.2 Å². The average Bonchev–Trinajstić information content (AvgIpc) is 2.48. The number of aromatic nitrogens is 2. The van der Waals surface area contributed by atoms with Gasteiger partial charge in [0, 0.05) is 7.11 Å². The molecule has 1 N–H and O–H groups in total. The van der Waals surface area contributed by atoms with Crippen LogP contribution in [0.15, 0.2) is 29.1 Å². The van der Waals surface area contributed by atoms with Crippen LogP contribution in [0, 0.1) is 0 Å². The number of para-hydroxylation sites is 1. The predicted molar refractivity (Wildman–Crippen MR) is 80.0 cm³/mol. The molecule has 0 aliphatic heterocycles. The predicted octanol–water partition coefficient (Wildman–Crippen LogP) is 1.71. The number of rotatable bonds is 6. The van der Waals surface area contributed by atoms with Gasteiger partial charge in [-0.2, -0.15) is 0 Å². The summed E-state index contributed by atoms with van der Waals surface area (Å²) in [5.74, 6) is 0.774. The SMILES string of the molecule is CCC(NC)c1nc2ccccc2c(=O)n1CCOC. The van der Waals surface area contributed by atoms with E-state index in [2.05, 4.69) is 17.2 Å². The molecular weight excluding hydrogens is 254 g/mol. The first-order valence-corrected chi connectivity index (χ1v) is 6.88. The summed E-state index contributed by atoms with van der Waals surface area (Å²) in [6.45, 7) is 3.08. The molecule has 1 aromatic heterocycles. The second-order valence-corrected chi connectivity index (χ2v) is 4.69. The molecule has 0 saturated carbocycles. The van der Waals surface area contributed by atoms with E-state index >= 15 is 0 Å². The summed E-state index contributed by atoms with van der Waals surface area (Å²) in [5.41, 5.74) is 0.742. The fourth-order valence-corrected chi connectivity index (χ4v) is 2.37. The molecule has 0 spiro atoms. The lowest BCUT2D eigenvalue weighted by molar-refractivity contribution is 0.184. The fraction of sp³-hybridized carbons (Fsp3) is 0.467. The van der Waals surface area contributed by atoms with Gasteiger partial charge in [0.15, 0.2) is 0 Å². The molecule has 0 radical (unpaired) electrons. The average molecular weight is 275 g/mol. The van der Waals surface area contributed by atoms with Crippen LogP contribution < -0.4 is 10.9 Å². The molecule has 1 heterocycles. The van der Waals surface area contributed by atoms with Gasteiger partial charge in [-0.25, -0.2) is 4.98 Å². The summed E-state index contributed by atoms with van der Waals surface area (Å²) >= 11 is 0. The first-order valence-electron chi connectivity index (χ1n) is 6.88. The van der Waals surface area contributed by atoms with Crippen molar-refractivity contribution in [2.45, 2.75) is 25.9 Å². The Kier molecular flexibility index (Phi) is 4.87. The van der Waals surface area contributed by atoms with E-state index in [1.54, 1.807) is 11.7 Å². The maximum atomic E-state index is 12.6. The standard InChI is InChI=1S/C15H21N3O2/c1-4-12(16-2)14-17-13-8-6-5-7-11(13)15(19)18(14)9-10-20-3/h5-8,12,16H,4,9-10H2,1-3H3. The molecule has 1 aromatic carbocycles. The molecule has 0 amide bonds. The minimum absolute atomic E-state index is 0.00338. The smallest absolute Gasteiger partial charge is 0.261 e. The van der Waals surface area contributed by atoms with Gasteiger partial charge in [0.05, 0.1) is 30.1 Å². The number of ether oxygens (including phenoxy) is 1. The lowest BCUT2D eigenvalue weighted by Crippen LogP contribution is -2.31. The van der Waals surface area contributed by atoms with Gasteiger partial charge in [-0.1, -0.05) is 19.1 Å². The zero-order valence-corrected chi connectivity index (χ0v) is 12.2. The van der Waals surface area contributed by atoms with Gasteiger partial charge in [-0.15, -0.1) is 0 Å². The van der Waals surface area contributed by atoms with Crippen LogP contribution in [-0.4, -0.2) is 30.3 Å². The lowest BCUT2D eigenvalue weighted by Gasteiger charge is -2.19. The molecule has 2 rings (SSSR count). The van der Waals surface area contributed by atoms with E-state index in [4.69, 9.17) is 4.74 Å².